The molecule has 0 heterocycles. The van der Waals surface area contributed by atoms with Crippen LogP contribution in [-0.2, 0) is 10.8 Å². The summed E-state index contributed by atoms with van der Waals surface area (Å²) in [6.07, 6.45) is 18.2. The van der Waals surface area contributed by atoms with Crippen molar-refractivity contribution in [2.24, 2.45) is 0 Å². The highest BCUT2D eigenvalue weighted by Gasteiger charge is 2.37. The summed E-state index contributed by atoms with van der Waals surface area (Å²) >= 11 is 0. The summed E-state index contributed by atoms with van der Waals surface area (Å²) < 4.78 is 33.6. The Balaban J connectivity index is 0.607. The van der Waals surface area contributed by atoms with E-state index in [9.17, 15) is 9.59 Å². The van der Waals surface area contributed by atoms with E-state index in [-0.39, 0.29) is 10.8 Å². The molecule has 0 amide bonds. The topological polar surface area (TPSA) is 96.0 Å². The SMILES string of the molecule is COc1ccc(C2(c3ccc(OC(=O)Oc4ccc(N(c5ccccc5)c5ccc(C=Cc6ccc(C=Cc7ccc(N(c8ccccc8)c8ccc(OC(=O)Oc9ccc(C%10(c%11ccc(OC)cc%11)CCCCC%10)cc9)cc8)cc7)cc6)cc5)cc4)cc3)CCCCC2)cc1. The molecule has 10 nitrogen and oxygen atoms in total. The van der Waals surface area contributed by atoms with E-state index in [2.05, 4.69) is 180 Å². The molecule has 2 fully saturated rings. The van der Waals surface area contributed by atoms with Crippen molar-refractivity contribution in [1.82, 2.24) is 0 Å². The summed E-state index contributed by atoms with van der Waals surface area (Å²) in [6, 6.07) is 93.2. The van der Waals surface area contributed by atoms with Crippen LogP contribution in [-0.4, -0.2) is 26.5 Å². The second-order valence-corrected chi connectivity index (χ2v) is 24.5. The van der Waals surface area contributed by atoms with Crippen molar-refractivity contribution in [2.45, 2.75) is 75.0 Å². The van der Waals surface area contributed by atoms with E-state index < -0.39 is 12.3 Å². The second-order valence-electron chi connectivity index (χ2n) is 24.5. The number of hydrogen-bond donors (Lipinski definition) is 0. The van der Waals surface area contributed by atoms with Gasteiger partial charge in [-0.3, -0.25) is 0 Å². The third kappa shape index (κ3) is 14.8. The Kier molecular flexibility index (Phi) is 19.6. The van der Waals surface area contributed by atoms with Gasteiger partial charge in [0.15, 0.2) is 0 Å². The number of rotatable bonds is 20. The van der Waals surface area contributed by atoms with Crippen LogP contribution in [0.5, 0.6) is 34.5 Å². The average Bonchev–Trinajstić information content (AvgIpc) is 0.837. The smallest absolute Gasteiger partial charge is 0.497 e. The lowest BCUT2D eigenvalue weighted by Crippen LogP contribution is -2.30. The van der Waals surface area contributed by atoms with E-state index >= 15 is 0 Å². The summed E-state index contributed by atoms with van der Waals surface area (Å²) in [7, 11) is 3.38. The molecule has 2 saturated carbocycles. The largest absolute Gasteiger partial charge is 0.519 e. The van der Waals surface area contributed by atoms with E-state index in [4.69, 9.17) is 28.4 Å². The molecule has 13 rings (SSSR count). The van der Waals surface area contributed by atoms with Crippen LogP contribution in [0, 0.1) is 0 Å². The average molecular weight is 1270 g/mol. The summed E-state index contributed by atoms with van der Waals surface area (Å²) in [4.78, 5) is 30.6. The minimum absolute atomic E-state index is 0.0988. The first kappa shape index (κ1) is 63.4. The first-order valence-electron chi connectivity index (χ1n) is 33.1. The van der Waals surface area contributed by atoms with Crippen LogP contribution < -0.4 is 38.2 Å². The van der Waals surface area contributed by atoms with E-state index in [1.807, 2.05) is 109 Å². The minimum atomic E-state index is -0.801. The van der Waals surface area contributed by atoms with Gasteiger partial charge in [-0.15, -0.1) is 0 Å². The number of anilines is 6. The maximum Gasteiger partial charge on any atom is 0.519 e. The highest BCUT2D eigenvalue weighted by molar-refractivity contribution is 5.81. The van der Waals surface area contributed by atoms with Crippen molar-refractivity contribution < 1.29 is 38.0 Å². The molecule has 478 valence electrons. The molecular formula is C86H76N2O8. The van der Waals surface area contributed by atoms with Gasteiger partial charge in [-0.2, -0.15) is 0 Å². The number of ether oxygens (including phenoxy) is 6. The maximum atomic E-state index is 13.1. The molecule has 0 bridgehead atoms. The van der Waals surface area contributed by atoms with Crippen molar-refractivity contribution in [3.63, 3.8) is 0 Å². The number of methoxy groups -OCH3 is 2. The van der Waals surface area contributed by atoms with Gasteiger partial charge >= 0.3 is 12.3 Å². The highest BCUT2D eigenvalue weighted by Crippen LogP contribution is 2.48. The van der Waals surface area contributed by atoms with Crippen LogP contribution in [0.25, 0.3) is 24.3 Å². The normalized spacial score (nSPS) is 14.1. The molecule has 0 radical (unpaired) electrons. The van der Waals surface area contributed by atoms with E-state index in [0.29, 0.717) is 23.0 Å². The van der Waals surface area contributed by atoms with E-state index in [1.165, 1.54) is 35.1 Å². The van der Waals surface area contributed by atoms with Gasteiger partial charge < -0.3 is 38.2 Å². The molecule has 0 aliphatic heterocycles. The first-order valence-corrected chi connectivity index (χ1v) is 33.1. The van der Waals surface area contributed by atoms with Crippen LogP contribution in [0.15, 0.2) is 279 Å². The fraction of sp³-hybridized carbons (Fsp3) is 0.163. The van der Waals surface area contributed by atoms with E-state index in [0.717, 1.165) is 119 Å². The van der Waals surface area contributed by atoms with Crippen LogP contribution >= 0.6 is 0 Å². The Morgan fingerprint density at radius 1 is 0.271 bits per heavy atom. The Bertz CT molecular complexity index is 4110. The lowest BCUT2D eigenvalue weighted by Gasteiger charge is -2.38. The highest BCUT2D eigenvalue weighted by atomic mass is 16.7. The van der Waals surface area contributed by atoms with Gasteiger partial charge in [0, 0.05) is 45.0 Å². The Morgan fingerprint density at radius 2 is 0.490 bits per heavy atom. The second kappa shape index (κ2) is 29.7. The molecule has 2 aliphatic carbocycles. The van der Waals surface area contributed by atoms with Crippen LogP contribution in [0.3, 0.4) is 0 Å². The molecule has 0 unspecified atom stereocenters. The van der Waals surface area contributed by atoms with Crippen molar-refractivity contribution >= 4 is 70.7 Å². The summed E-state index contributed by atoms with van der Waals surface area (Å²) in [5.41, 5.74) is 14.8. The lowest BCUT2D eigenvalue weighted by molar-refractivity contribution is 0.150. The number of carbonyl (C=O) groups excluding carboxylic acids is 2. The van der Waals surface area contributed by atoms with Crippen molar-refractivity contribution in [1.29, 1.82) is 0 Å². The van der Waals surface area contributed by atoms with Gasteiger partial charge in [0.05, 0.1) is 14.2 Å². The van der Waals surface area contributed by atoms with E-state index in [1.54, 1.807) is 38.5 Å². The van der Waals surface area contributed by atoms with Crippen LogP contribution in [0.1, 0.15) is 109 Å². The van der Waals surface area contributed by atoms with Gasteiger partial charge in [0.1, 0.15) is 34.5 Å². The van der Waals surface area contributed by atoms with Gasteiger partial charge in [-0.25, -0.2) is 9.59 Å². The first-order chi connectivity index (χ1) is 47.2. The minimum Gasteiger partial charge on any atom is -0.497 e. The molecule has 0 atom stereocenters. The molecular weight excluding hydrogens is 1190 g/mol. The van der Waals surface area contributed by atoms with Crippen molar-refractivity contribution in [3.8, 4) is 34.5 Å². The van der Waals surface area contributed by atoms with Crippen molar-refractivity contribution in [3.05, 3.63) is 324 Å². The molecule has 11 aromatic carbocycles. The molecule has 10 heteroatoms. The number of nitrogens with zero attached hydrogens (tertiary/aromatic N) is 2. The number of para-hydroxylation sites is 2. The molecule has 2 aliphatic rings. The monoisotopic (exact) mass is 1260 g/mol. The Morgan fingerprint density at radius 3 is 0.750 bits per heavy atom. The molecule has 11 aromatic rings. The lowest BCUT2D eigenvalue weighted by atomic mass is 9.65. The molecule has 0 N–H and O–H groups in total. The zero-order chi connectivity index (χ0) is 65.5. The maximum absolute atomic E-state index is 13.1. The molecule has 0 spiro atoms. The van der Waals surface area contributed by atoms with Gasteiger partial charge in [0.25, 0.3) is 0 Å². The number of carbonyl (C=O) groups is 2. The van der Waals surface area contributed by atoms with Gasteiger partial charge in [-0.1, -0.05) is 196 Å². The zero-order valence-corrected chi connectivity index (χ0v) is 54.1. The quantitative estimate of drug-likeness (QED) is 0.0417. The number of hydrogen-bond acceptors (Lipinski definition) is 10. The molecule has 0 saturated heterocycles. The standard InChI is InChI=1S/C86H76N2O8/c1-91-77-47-31-67(32-48-77)85(59-11-5-12-60-85)69-35-51-79(52-36-69)93-83(89)95-81-55-43-75(44-56-81)87(71-15-7-3-8-16-71)73-39-27-65(28-40-73)25-23-63-19-21-64(22-20-63)24-26-66-29-41-74(42-30-66)88(72-17-9-4-10-18-72)76-45-57-82(58-46-76)96-84(90)94-80-53-37-70(38-54-80)86(61-13-6-14-62-86)68-33-49-78(92-2)50-34-68/h3-4,7-10,15-58H,5-6,11-14,59-62H2,1-2H3. The molecule has 0 aromatic heterocycles. The fourth-order valence-electron chi connectivity index (χ4n) is 13.7. The third-order valence-corrected chi connectivity index (χ3v) is 18.7. The zero-order valence-electron chi connectivity index (χ0n) is 54.1. The third-order valence-electron chi connectivity index (χ3n) is 18.7. The predicted octanol–water partition coefficient (Wildman–Crippen LogP) is 22.6. The van der Waals surface area contributed by atoms with Gasteiger partial charge in [-0.05, 0) is 216 Å². The van der Waals surface area contributed by atoms with Crippen molar-refractivity contribution in [2.75, 3.05) is 24.0 Å². The van der Waals surface area contributed by atoms with Gasteiger partial charge in [0.2, 0.25) is 0 Å². The number of benzene rings is 11. The van der Waals surface area contributed by atoms with Crippen LogP contribution in [0.4, 0.5) is 43.7 Å². The molecule has 96 heavy (non-hydrogen) atoms. The Labute approximate surface area is 562 Å². The fourth-order valence-corrected chi connectivity index (χ4v) is 13.7. The summed E-state index contributed by atoms with van der Waals surface area (Å²) in [5.74, 6) is 3.29. The summed E-state index contributed by atoms with van der Waals surface area (Å²) in [6.45, 7) is 0. The van der Waals surface area contributed by atoms with Crippen LogP contribution in [0.2, 0.25) is 0 Å². The predicted molar refractivity (Wildman–Crippen MR) is 386 cm³/mol. The summed E-state index contributed by atoms with van der Waals surface area (Å²) in [5, 5.41) is 0. The Hall–Kier alpha value is -11.4.